The van der Waals surface area contributed by atoms with Crippen LogP contribution in [-0.2, 0) is 19.9 Å². The average molecular weight is 423 g/mol. The van der Waals surface area contributed by atoms with Crippen molar-refractivity contribution in [3.05, 3.63) is 65.1 Å². The van der Waals surface area contributed by atoms with E-state index in [0.717, 1.165) is 47.0 Å². The largest absolute Gasteiger partial charge is 0.492 e. The summed E-state index contributed by atoms with van der Waals surface area (Å²) in [7, 11) is 3.84. The second kappa shape index (κ2) is 8.85. The number of halogens is 1. The predicted octanol–water partition coefficient (Wildman–Crippen LogP) is 3.27. The van der Waals surface area contributed by atoms with Gasteiger partial charge in [-0.05, 0) is 50.7 Å². The zero-order valence-electron chi connectivity index (χ0n) is 18.3. The third-order valence-corrected chi connectivity index (χ3v) is 5.59. The van der Waals surface area contributed by atoms with Gasteiger partial charge in [-0.3, -0.25) is 9.08 Å². The van der Waals surface area contributed by atoms with E-state index in [0.29, 0.717) is 18.8 Å². The van der Waals surface area contributed by atoms with E-state index in [2.05, 4.69) is 20.6 Å². The number of aryl methyl sites for hydroxylation is 2. The van der Waals surface area contributed by atoms with E-state index in [1.54, 1.807) is 6.07 Å². The fourth-order valence-corrected chi connectivity index (χ4v) is 3.80. The van der Waals surface area contributed by atoms with Crippen molar-refractivity contribution in [1.29, 1.82) is 0 Å². The van der Waals surface area contributed by atoms with Crippen LogP contribution < -0.4 is 10.1 Å². The van der Waals surface area contributed by atoms with Crippen LogP contribution in [-0.4, -0.2) is 44.6 Å². The van der Waals surface area contributed by atoms with Crippen LogP contribution in [0.3, 0.4) is 0 Å². The molecule has 3 aromatic heterocycles. The van der Waals surface area contributed by atoms with Crippen molar-refractivity contribution in [2.45, 2.75) is 26.7 Å². The summed E-state index contributed by atoms with van der Waals surface area (Å²) in [5.41, 5.74) is 5.81. The molecule has 0 saturated carbocycles. The summed E-state index contributed by atoms with van der Waals surface area (Å²) in [6.45, 7) is 5.29. The molecule has 0 saturated heterocycles. The molecular weight excluding hydrogens is 395 g/mol. The highest BCUT2D eigenvalue weighted by Gasteiger charge is 2.13. The van der Waals surface area contributed by atoms with Crippen LogP contribution in [0.15, 0.2) is 36.5 Å². The van der Waals surface area contributed by atoms with Gasteiger partial charge in [-0.2, -0.15) is 5.10 Å². The van der Waals surface area contributed by atoms with Crippen molar-refractivity contribution in [1.82, 2.24) is 29.7 Å². The van der Waals surface area contributed by atoms with Crippen molar-refractivity contribution in [2.75, 3.05) is 20.2 Å². The van der Waals surface area contributed by atoms with Crippen LogP contribution in [0.2, 0.25) is 0 Å². The highest BCUT2D eigenvalue weighted by Crippen LogP contribution is 2.31. The van der Waals surface area contributed by atoms with Gasteiger partial charge in [0.15, 0.2) is 5.65 Å². The molecular formula is C23H27FN6O. The number of nitrogens with one attached hydrogen (secondary N) is 1. The third-order valence-electron chi connectivity index (χ3n) is 5.59. The first-order valence-electron chi connectivity index (χ1n) is 10.4. The molecule has 0 aliphatic carbocycles. The predicted molar refractivity (Wildman–Crippen MR) is 118 cm³/mol. The van der Waals surface area contributed by atoms with Gasteiger partial charge < -0.3 is 10.1 Å². The molecule has 0 bridgehead atoms. The summed E-state index contributed by atoms with van der Waals surface area (Å²) in [5, 5.41) is 16.1. The number of nitrogens with zero attached hydrogens (tertiary/aromatic N) is 5. The third kappa shape index (κ3) is 4.29. The minimum Gasteiger partial charge on any atom is -0.492 e. The van der Waals surface area contributed by atoms with Gasteiger partial charge in [-0.25, -0.2) is 4.39 Å². The van der Waals surface area contributed by atoms with Crippen molar-refractivity contribution >= 4 is 5.65 Å². The highest BCUT2D eigenvalue weighted by atomic mass is 19.1. The SMILES string of the molecule is CNCCc1nnc2ccc(-c3ccc(F)cc3OCCc3c(C)nn(C)c3C)cn12. The molecule has 8 heteroatoms. The maximum atomic E-state index is 14.0. The van der Waals surface area contributed by atoms with Gasteiger partial charge in [0.1, 0.15) is 17.4 Å². The fraction of sp³-hybridized carbons (Fsp3) is 0.348. The first-order chi connectivity index (χ1) is 15.0. The number of fused-ring (bicyclic) bond motifs is 1. The molecule has 0 amide bonds. The van der Waals surface area contributed by atoms with Gasteiger partial charge >= 0.3 is 0 Å². The lowest BCUT2D eigenvalue weighted by molar-refractivity contribution is 0.321. The van der Waals surface area contributed by atoms with Gasteiger partial charge in [-0.15, -0.1) is 10.2 Å². The molecule has 0 aliphatic heterocycles. The van der Waals surface area contributed by atoms with Gasteiger partial charge in [0.05, 0.1) is 12.3 Å². The van der Waals surface area contributed by atoms with Crippen molar-refractivity contribution < 1.29 is 9.13 Å². The Labute approximate surface area is 180 Å². The molecule has 0 fully saturated rings. The maximum absolute atomic E-state index is 14.0. The lowest BCUT2D eigenvalue weighted by atomic mass is 10.1. The first kappa shape index (κ1) is 21.0. The lowest BCUT2D eigenvalue weighted by Gasteiger charge is -2.13. The fourth-order valence-electron chi connectivity index (χ4n) is 3.80. The van der Waals surface area contributed by atoms with Gasteiger partial charge in [0, 0.05) is 55.5 Å². The molecule has 0 spiro atoms. The molecule has 0 radical (unpaired) electrons. The normalized spacial score (nSPS) is 11.4. The van der Waals surface area contributed by atoms with Crippen LogP contribution in [0.25, 0.3) is 16.8 Å². The summed E-state index contributed by atoms with van der Waals surface area (Å²) < 4.78 is 23.9. The molecule has 0 unspecified atom stereocenters. The van der Waals surface area contributed by atoms with E-state index in [1.165, 1.54) is 17.7 Å². The number of benzene rings is 1. The molecule has 4 rings (SSSR count). The number of rotatable bonds is 8. The van der Waals surface area contributed by atoms with Crippen LogP contribution >= 0.6 is 0 Å². The Kier molecular flexibility index (Phi) is 5.99. The van der Waals surface area contributed by atoms with Crippen LogP contribution in [0.1, 0.15) is 22.8 Å². The Morgan fingerprint density at radius 2 is 1.94 bits per heavy atom. The second-order valence-electron chi connectivity index (χ2n) is 7.63. The van der Waals surface area contributed by atoms with E-state index in [4.69, 9.17) is 4.74 Å². The molecule has 0 atom stereocenters. The molecule has 1 N–H and O–H groups in total. The minimum atomic E-state index is -0.326. The van der Waals surface area contributed by atoms with E-state index in [1.807, 2.05) is 55.4 Å². The van der Waals surface area contributed by atoms with Gasteiger partial charge in [0.25, 0.3) is 0 Å². The number of pyridine rings is 1. The lowest BCUT2D eigenvalue weighted by Crippen LogP contribution is -2.12. The number of aromatic nitrogens is 5. The molecule has 3 heterocycles. The summed E-state index contributed by atoms with van der Waals surface area (Å²) in [6.07, 6.45) is 3.45. The highest BCUT2D eigenvalue weighted by molar-refractivity contribution is 5.71. The summed E-state index contributed by atoms with van der Waals surface area (Å²) in [5.74, 6) is 1.06. The smallest absolute Gasteiger partial charge is 0.160 e. The van der Waals surface area contributed by atoms with Crippen LogP contribution in [0.4, 0.5) is 4.39 Å². The molecule has 4 aromatic rings. The summed E-state index contributed by atoms with van der Waals surface area (Å²) in [4.78, 5) is 0. The molecule has 31 heavy (non-hydrogen) atoms. The number of hydrogen-bond acceptors (Lipinski definition) is 5. The maximum Gasteiger partial charge on any atom is 0.160 e. The average Bonchev–Trinajstić information content (AvgIpc) is 3.27. The first-order valence-corrected chi connectivity index (χ1v) is 10.4. The van der Waals surface area contributed by atoms with E-state index < -0.39 is 0 Å². The minimum absolute atomic E-state index is 0.326. The molecule has 1 aromatic carbocycles. The van der Waals surface area contributed by atoms with E-state index in [-0.39, 0.29) is 5.82 Å². The van der Waals surface area contributed by atoms with Crippen LogP contribution in [0.5, 0.6) is 5.75 Å². The molecule has 0 aliphatic rings. The Hall–Kier alpha value is -3.26. The Morgan fingerprint density at radius 1 is 1.10 bits per heavy atom. The molecule has 7 nitrogen and oxygen atoms in total. The van der Waals surface area contributed by atoms with E-state index >= 15 is 0 Å². The van der Waals surface area contributed by atoms with E-state index in [9.17, 15) is 4.39 Å². The monoisotopic (exact) mass is 422 g/mol. The zero-order valence-corrected chi connectivity index (χ0v) is 18.3. The number of hydrogen-bond donors (Lipinski definition) is 1. The topological polar surface area (TPSA) is 69.3 Å². The van der Waals surface area contributed by atoms with Crippen LogP contribution in [0, 0.1) is 19.7 Å². The second-order valence-corrected chi connectivity index (χ2v) is 7.63. The number of likely N-dealkylation sites (N-methyl/N-ethyl adjacent to an activating group) is 1. The van der Waals surface area contributed by atoms with Crippen molar-refractivity contribution in [2.24, 2.45) is 7.05 Å². The Morgan fingerprint density at radius 3 is 2.68 bits per heavy atom. The Bertz CT molecular complexity index is 1210. The van der Waals surface area contributed by atoms with Gasteiger partial charge in [0.2, 0.25) is 0 Å². The van der Waals surface area contributed by atoms with Crippen molar-refractivity contribution in [3.8, 4) is 16.9 Å². The summed E-state index contributed by atoms with van der Waals surface area (Å²) in [6, 6.07) is 8.53. The Balaban J connectivity index is 1.60. The quantitative estimate of drug-likeness (QED) is 0.472. The number of ether oxygens (including phenoxy) is 1. The van der Waals surface area contributed by atoms with Gasteiger partial charge in [-0.1, -0.05) is 0 Å². The zero-order chi connectivity index (χ0) is 22.0. The van der Waals surface area contributed by atoms with Crippen molar-refractivity contribution in [3.63, 3.8) is 0 Å². The standard InChI is InChI=1S/C23H27FN6O/c1-15-19(16(2)29(4)28-15)10-12-31-21-13-18(24)6-7-20(21)17-5-8-22-26-27-23(9-11-25-3)30(22)14-17/h5-8,13-14,25H,9-12H2,1-4H3. The molecule has 162 valence electrons. The summed E-state index contributed by atoms with van der Waals surface area (Å²) >= 11 is 0.